The summed E-state index contributed by atoms with van der Waals surface area (Å²) < 4.78 is 11.5. The molecular weight excluding hydrogens is 246 g/mol. The van der Waals surface area contributed by atoms with Crippen molar-refractivity contribution in [3.63, 3.8) is 0 Å². The summed E-state index contributed by atoms with van der Waals surface area (Å²) in [7, 11) is 0. The van der Waals surface area contributed by atoms with Crippen LogP contribution in [0.3, 0.4) is 0 Å². The van der Waals surface area contributed by atoms with E-state index in [4.69, 9.17) is 14.6 Å². The van der Waals surface area contributed by atoms with Gasteiger partial charge in [0.2, 0.25) is 0 Å². The van der Waals surface area contributed by atoms with Crippen molar-refractivity contribution in [3.05, 3.63) is 0 Å². The van der Waals surface area contributed by atoms with Crippen LogP contribution in [0.5, 0.6) is 0 Å². The highest BCUT2D eigenvalue weighted by Crippen LogP contribution is 2.39. The van der Waals surface area contributed by atoms with Gasteiger partial charge in [-0.2, -0.15) is 0 Å². The van der Waals surface area contributed by atoms with Gasteiger partial charge >= 0.3 is 5.97 Å². The van der Waals surface area contributed by atoms with Crippen molar-refractivity contribution in [1.82, 2.24) is 4.90 Å². The van der Waals surface area contributed by atoms with Gasteiger partial charge in [0.1, 0.15) is 0 Å². The minimum Gasteiger partial charge on any atom is -0.481 e. The second kappa shape index (κ2) is 5.04. The molecule has 1 spiro atoms. The molecule has 1 unspecified atom stereocenters. The quantitative estimate of drug-likeness (QED) is 0.837. The van der Waals surface area contributed by atoms with E-state index in [1.165, 1.54) is 0 Å². The number of likely N-dealkylation sites (tertiary alicyclic amines) is 1. The molecule has 1 atom stereocenters. The Kier molecular flexibility index (Phi) is 3.53. The number of ether oxygens (including phenoxy) is 2. The third-order valence-corrected chi connectivity index (χ3v) is 5.08. The smallest absolute Gasteiger partial charge is 0.306 e. The molecule has 0 radical (unpaired) electrons. The summed E-state index contributed by atoms with van der Waals surface area (Å²) in [5, 5.41) is 9.00. The number of aliphatic carboxylic acids is 1. The van der Waals surface area contributed by atoms with Crippen LogP contribution in [0.2, 0.25) is 0 Å². The first kappa shape index (κ1) is 13.3. The lowest BCUT2D eigenvalue weighted by Gasteiger charge is -2.49. The van der Waals surface area contributed by atoms with Crippen LogP contribution in [0.4, 0.5) is 0 Å². The highest BCUT2D eigenvalue weighted by molar-refractivity contribution is 5.70. The van der Waals surface area contributed by atoms with Crippen molar-refractivity contribution in [1.29, 1.82) is 0 Å². The summed E-state index contributed by atoms with van der Waals surface area (Å²) in [4.78, 5) is 13.4. The van der Waals surface area contributed by atoms with Crippen molar-refractivity contribution in [2.45, 2.75) is 44.4 Å². The second-order valence-electron chi connectivity index (χ2n) is 6.18. The standard InChI is InChI=1S/C14H23NO4/c1-10(13(16)17)11-8-15(9-11)12-2-4-14(5-3-12)18-6-7-19-14/h10-12H,2-9H2,1H3,(H,16,17). The van der Waals surface area contributed by atoms with Gasteiger partial charge in [0.25, 0.3) is 0 Å². The molecular formula is C14H23NO4. The fourth-order valence-corrected chi connectivity index (χ4v) is 3.56. The van der Waals surface area contributed by atoms with Gasteiger partial charge in [0, 0.05) is 32.0 Å². The van der Waals surface area contributed by atoms with E-state index < -0.39 is 5.97 Å². The van der Waals surface area contributed by atoms with E-state index in [0.717, 1.165) is 52.0 Å². The van der Waals surface area contributed by atoms with Gasteiger partial charge < -0.3 is 14.6 Å². The molecule has 0 amide bonds. The van der Waals surface area contributed by atoms with E-state index in [-0.39, 0.29) is 11.7 Å². The van der Waals surface area contributed by atoms with Gasteiger partial charge in [-0.1, -0.05) is 6.92 Å². The average Bonchev–Trinajstić information content (AvgIpc) is 2.78. The summed E-state index contributed by atoms with van der Waals surface area (Å²) in [5.74, 6) is -0.838. The lowest BCUT2D eigenvalue weighted by molar-refractivity contribution is -0.187. The molecule has 0 aromatic heterocycles. The Morgan fingerprint density at radius 1 is 1.26 bits per heavy atom. The number of hydrogen-bond acceptors (Lipinski definition) is 4. The van der Waals surface area contributed by atoms with Crippen LogP contribution in [0.25, 0.3) is 0 Å². The van der Waals surface area contributed by atoms with E-state index in [0.29, 0.717) is 12.0 Å². The Hall–Kier alpha value is -0.650. The fourth-order valence-electron chi connectivity index (χ4n) is 3.56. The minimum atomic E-state index is -0.667. The first-order valence-corrected chi connectivity index (χ1v) is 7.34. The number of carboxylic acid groups (broad SMARTS) is 1. The van der Waals surface area contributed by atoms with Crippen molar-refractivity contribution in [3.8, 4) is 0 Å². The number of carboxylic acids is 1. The Labute approximate surface area is 113 Å². The van der Waals surface area contributed by atoms with Crippen LogP contribution in [0.1, 0.15) is 32.6 Å². The molecule has 1 N–H and O–H groups in total. The third kappa shape index (κ3) is 2.51. The molecule has 0 aromatic rings. The van der Waals surface area contributed by atoms with Crippen LogP contribution in [0.15, 0.2) is 0 Å². The molecule has 3 fully saturated rings. The highest BCUT2D eigenvalue weighted by Gasteiger charge is 2.44. The molecule has 5 heteroatoms. The lowest BCUT2D eigenvalue weighted by atomic mass is 9.82. The van der Waals surface area contributed by atoms with Crippen molar-refractivity contribution >= 4 is 5.97 Å². The molecule has 5 nitrogen and oxygen atoms in total. The Morgan fingerprint density at radius 3 is 2.37 bits per heavy atom. The zero-order valence-corrected chi connectivity index (χ0v) is 11.5. The van der Waals surface area contributed by atoms with Gasteiger partial charge in [-0.3, -0.25) is 9.69 Å². The first-order chi connectivity index (χ1) is 9.10. The van der Waals surface area contributed by atoms with Gasteiger partial charge in [-0.25, -0.2) is 0 Å². The van der Waals surface area contributed by atoms with Crippen molar-refractivity contribution in [2.75, 3.05) is 26.3 Å². The van der Waals surface area contributed by atoms with E-state index in [9.17, 15) is 4.79 Å². The van der Waals surface area contributed by atoms with Gasteiger partial charge in [-0.05, 0) is 18.8 Å². The average molecular weight is 269 g/mol. The molecule has 108 valence electrons. The number of hydrogen-bond donors (Lipinski definition) is 1. The molecule has 0 aromatic carbocycles. The summed E-state index contributed by atoms with van der Waals surface area (Å²) in [6.45, 7) is 5.15. The highest BCUT2D eigenvalue weighted by atomic mass is 16.7. The van der Waals surface area contributed by atoms with Crippen LogP contribution in [0, 0.1) is 11.8 Å². The van der Waals surface area contributed by atoms with Crippen molar-refractivity contribution in [2.24, 2.45) is 11.8 Å². The molecule has 1 aliphatic carbocycles. The van der Waals surface area contributed by atoms with Gasteiger partial charge in [0.15, 0.2) is 5.79 Å². The van der Waals surface area contributed by atoms with Crippen LogP contribution < -0.4 is 0 Å². The van der Waals surface area contributed by atoms with Crippen LogP contribution in [-0.4, -0.2) is 54.1 Å². The minimum absolute atomic E-state index is 0.215. The zero-order valence-electron chi connectivity index (χ0n) is 11.5. The summed E-state index contributed by atoms with van der Waals surface area (Å²) in [5.41, 5.74) is 0. The first-order valence-electron chi connectivity index (χ1n) is 7.34. The Morgan fingerprint density at radius 2 is 1.84 bits per heavy atom. The van der Waals surface area contributed by atoms with Crippen molar-refractivity contribution < 1.29 is 19.4 Å². The van der Waals surface area contributed by atoms with Gasteiger partial charge in [-0.15, -0.1) is 0 Å². The number of nitrogens with zero attached hydrogens (tertiary/aromatic N) is 1. The second-order valence-corrected chi connectivity index (χ2v) is 6.18. The molecule has 2 saturated heterocycles. The summed E-state index contributed by atoms with van der Waals surface area (Å²) >= 11 is 0. The Balaban J connectivity index is 1.45. The SMILES string of the molecule is CC(C(=O)O)C1CN(C2CCC3(CC2)OCCO3)C1. The van der Waals surface area contributed by atoms with Crippen LogP contribution >= 0.6 is 0 Å². The van der Waals surface area contributed by atoms with E-state index >= 15 is 0 Å². The van der Waals surface area contributed by atoms with E-state index in [1.807, 2.05) is 6.92 Å². The zero-order chi connectivity index (χ0) is 13.5. The maximum absolute atomic E-state index is 10.9. The molecule has 3 aliphatic rings. The molecule has 19 heavy (non-hydrogen) atoms. The van der Waals surface area contributed by atoms with Gasteiger partial charge in [0.05, 0.1) is 19.1 Å². The predicted octanol–water partition coefficient (Wildman–Crippen LogP) is 1.32. The lowest BCUT2D eigenvalue weighted by Crippen LogP contribution is -2.57. The van der Waals surface area contributed by atoms with Crippen LogP contribution in [-0.2, 0) is 14.3 Å². The molecule has 2 aliphatic heterocycles. The van der Waals surface area contributed by atoms with E-state index in [1.54, 1.807) is 0 Å². The molecule has 2 heterocycles. The van der Waals surface area contributed by atoms with E-state index in [2.05, 4.69) is 4.90 Å². The third-order valence-electron chi connectivity index (χ3n) is 5.08. The fraction of sp³-hybridized carbons (Fsp3) is 0.929. The predicted molar refractivity (Wildman–Crippen MR) is 68.8 cm³/mol. The monoisotopic (exact) mass is 269 g/mol. The molecule has 0 bridgehead atoms. The normalized spacial score (nSPS) is 30.4. The largest absolute Gasteiger partial charge is 0.481 e. The maximum atomic E-state index is 10.9. The molecule has 3 rings (SSSR count). The maximum Gasteiger partial charge on any atom is 0.306 e. The Bertz CT molecular complexity index is 337. The molecule has 1 saturated carbocycles. The summed E-state index contributed by atoms with van der Waals surface area (Å²) in [6.07, 6.45) is 4.17. The summed E-state index contributed by atoms with van der Waals surface area (Å²) in [6, 6.07) is 0.593. The number of carbonyl (C=O) groups is 1. The topological polar surface area (TPSA) is 59.0 Å². The number of rotatable bonds is 3.